The van der Waals surface area contributed by atoms with E-state index in [-0.39, 0.29) is 24.9 Å². The summed E-state index contributed by atoms with van der Waals surface area (Å²) in [5.74, 6) is -0.545. The molecule has 0 saturated heterocycles. The average molecular weight is 510 g/mol. The molecule has 4 nitrogen and oxygen atoms in total. The highest BCUT2D eigenvalue weighted by atomic mass is 35.5. The molecule has 3 rings (SSSR count). The molecule has 2 amide bonds. The number of aryl methyl sites for hydroxylation is 2. The zero-order valence-corrected chi connectivity index (χ0v) is 20.4. The van der Waals surface area contributed by atoms with Gasteiger partial charge in [0.05, 0.1) is 0 Å². The Morgan fingerprint density at radius 1 is 0.656 bits per heavy atom. The lowest BCUT2D eigenvalue weighted by Gasteiger charge is -2.12. The molecular formula is C24H20Cl4N2O2. The first kappa shape index (κ1) is 24.4. The van der Waals surface area contributed by atoms with Crippen LogP contribution in [0.3, 0.4) is 0 Å². The van der Waals surface area contributed by atoms with Gasteiger partial charge in [0.15, 0.2) is 0 Å². The Morgan fingerprint density at radius 2 is 1.00 bits per heavy atom. The second-order valence-corrected chi connectivity index (χ2v) is 9.00. The van der Waals surface area contributed by atoms with Crippen LogP contribution < -0.4 is 10.6 Å². The molecular weight excluding hydrogens is 490 g/mol. The van der Waals surface area contributed by atoms with Crippen molar-refractivity contribution in [1.82, 2.24) is 10.6 Å². The molecule has 8 heteroatoms. The predicted octanol–water partition coefficient (Wildman–Crippen LogP) is 6.78. The van der Waals surface area contributed by atoms with Gasteiger partial charge < -0.3 is 10.6 Å². The molecule has 0 aliphatic carbocycles. The monoisotopic (exact) mass is 508 g/mol. The zero-order valence-electron chi connectivity index (χ0n) is 17.4. The maximum atomic E-state index is 12.5. The Kier molecular flexibility index (Phi) is 8.07. The highest BCUT2D eigenvalue weighted by molar-refractivity contribution is 6.35. The van der Waals surface area contributed by atoms with Crippen LogP contribution in [0, 0.1) is 13.8 Å². The van der Waals surface area contributed by atoms with E-state index in [4.69, 9.17) is 46.4 Å². The van der Waals surface area contributed by atoms with Crippen LogP contribution >= 0.6 is 46.4 Å². The van der Waals surface area contributed by atoms with E-state index in [0.29, 0.717) is 31.2 Å². The Morgan fingerprint density at radius 3 is 1.31 bits per heavy atom. The lowest BCUT2D eigenvalue weighted by atomic mass is 10.1. The molecule has 166 valence electrons. The van der Waals surface area contributed by atoms with E-state index in [0.717, 1.165) is 22.3 Å². The minimum absolute atomic E-state index is 0.268. The molecule has 0 aliphatic heterocycles. The van der Waals surface area contributed by atoms with E-state index in [1.807, 2.05) is 13.8 Å². The van der Waals surface area contributed by atoms with E-state index in [1.54, 1.807) is 48.5 Å². The average Bonchev–Trinajstić information content (AvgIpc) is 2.72. The van der Waals surface area contributed by atoms with Crippen LogP contribution in [0.4, 0.5) is 0 Å². The third kappa shape index (κ3) is 5.96. The summed E-state index contributed by atoms with van der Waals surface area (Å²) >= 11 is 24.4. The predicted molar refractivity (Wildman–Crippen MR) is 131 cm³/mol. The smallest absolute Gasteiger partial charge is 0.251 e. The first-order chi connectivity index (χ1) is 15.2. The fourth-order valence-corrected chi connectivity index (χ4v) is 4.55. The third-order valence-corrected chi connectivity index (χ3v) is 6.14. The molecule has 2 N–H and O–H groups in total. The second kappa shape index (κ2) is 10.6. The van der Waals surface area contributed by atoms with E-state index in [2.05, 4.69) is 10.6 Å². The summed E-state index contributed by atoms with van der Waals surface area (Å²) in [6, 6.07) is 13.3. The topological polar surface area (TPSA) is 58.2 Å². The van der Waals surface area contributed by atoms with Gasteiger partial charge in [0, 0.05) is 44.3 Å². The summed E-state index contributed by atoms with van der Waals surface area (Å²) in [5, 5.41) is 7.76. The minimum atomic E-state index is -0.272. The van der Waals surface area contributed by atoms with Gasteiger partial charge in [0.25, 0.3) is 11.8 Å². The number of amides is 2. The van der Waals surface area contributed by atoms with Gasteiger partial charge in [0.2, 0.25) is 0 Å². The summed E-state index contributed by atoms with van der Waals surface area (Å²) in [5.41, 5.74) is 4.26. The third-order valence-electron chi connectivity index (χ3n) is 5.03. The molecule has 32 heavy (non-hydrogen) atoms. The molecule has 0 saturated carbocycles. The summed E-state index contributed by atoms with van der Waals surface area (Å²) in [6.07, 6.45) is 0. The summed E-state index contributed by atoms with van der Waals surface area (Å²) in [6.45, 7) is 4.30. The minimum Gasteiger partial charge on any atom is -0.348 e. The maximum Gasteiger partial charge on any atom is 0.251 e. The first-order valence-corrected chi connectivity index (χ1v) is 11.2. The van der Waals surface area contributed by atoms with Gasteiger partial charge in [-0.15, -0.1) is 0 Å². The highest BCUT2D eigenvalue weighted by Gasteiger charge is 2.13. The number of hydrogen-bond donors (Lipinski definition) is 2. The number of rotatable bonds is 6. The van der Waals surface area contributed by atoms with Crippen LogP contribution in [-0.4, -0.2) is 11.8 Å². The highest BCUT2D eigenvalue weighted by Crippen LogP contribution is 2.26. The Bertz CT molecular complexity index is 1040. The van der Waals surface area contributed by atoms with Crippen LogP contribution in [-0.2, 0) is 13.1 Å². The Hall–Kier alpha value is -2.24. The normalized spacial score (nSPS) is 10.7. The van der Waals surface area contributed by atoms with E-state index in [1.165, 1.54) is 0 Å². The van der Waals surface area contributed by atoms with Gasteiger partial charge in [0.1, 0.15) is 0 Å². The van der Waals surface area contributed by atoms with Crippen molar-refractivity contribution in [3.05, 3.63) is 102 Å². The SMILES string of the molecule is Cc1cc(Cl)cc(Cl)c1CNC(=O)c1ccc(C(=O)NCc2c(C)cc(Cl)cc2Cl)cc1. The molecule has 0 fully saturated rings. The fraction of sp³-hybridized carbons (Fsp3) is 0.167. The number of carbonyl (C=O) groups excluding carboxylic acids is 2. The zero-order chi connectivity index (χ0) is 23.4. The molecule has 0 aromatic heterocycles. The van der Waals surface area contributed by atoms with Gasteiger partial charge >= 0.3 is 0 Å². The summed E-state index contributed by atoms with van der Waals surface area (Å²) in [4.78, 5) is 25.0. The van der Waals surface area contributed by atoms with E-state index < -0.39 is 0 Å². The Labute approximate surface area is 206 Å². The largest absolute Gasteiger partial charge is 0.348 e. The lowest BCUT2D eigenvalue weighted by Crippen LogP contribution is -2.25. The molecule has 0 unspecified atom stereocenters. The quantitative estimate of drug-likeness (QED) is 0.384. The van der Waals surface area contributed by atoms with Crippen molar-refractivity contribution in [1.29, 1.82) is 0 Å². The summed E-state index contributed by atoms with van der Waals surface area (Å²) in [7, 11) is 0. The van der Waals surface area contributed by atoms with Crippen LogP contribution in [0.5, 0.6) is 0 Å². The number of hydrogen-bond acceptors (Lipinski definition) is 2. The van der Waals surface area contributed by atoms with Gasteiger partial charge in [-0.3, -0.25) is 9.59 Å². The van der Waals surface area contributed by atoms with Gasteiger partial charge in [-0.25, -0.2) is 0 Å². The van der Waals surface area contributed by atoms with E-state index in [9.17, 15) is 9.59 Å². The molecule has 0 heterocycles. The van der Waals surface area contributed by atoms with Crippen molar-refractivity contribution in [3.63, 3.8) is 0 Å². The first-order valence-electron chi connectivity index (χ1n) is 9.71. The molecule has 0 atom stereocenters. The molecule has 3 aromatic rings. The van der Waals surface area contributed by atoms with Crippen LogP contribution in [0.1, 0.15) is 43.0 Å². The number of benzene rings is 3. The van der Waals surface area contributed by atoms with Crippen molar-refractivity contribution in [2.75, 3.05) is 0 Å². The molecule has 0 radical (unpaired) electrons. The fourth-order valence-electron chi connectivity index (χ4n) is 3.23. The van der Waals surface area contributed by atoms with Gasteiger partial charge in [-0.2, -0.15) is 0 Å². The van der Waals surface area contributed by atoms with Crippen molar-refractivity contribution >= 4 is 58.2 Å². The number of carbonyl (C=O) groups is 2. The van der Waals surface area contributed by atoms with Crippen molar-refractivity contribution in [3.8, 4) is 0 Å². The second-order valence-electron chi connectivity index (χ2n) is 7.31. The standard InChI is InChI=1S/C24H20Cl4N2O2/c1-13-7-17(25)9-21(27)19(13)11-29-23(31)15-3-5-16(6-4-15)24(32)30-12-20-14(2)8-18(26)10-22(20)28/h3-10H,11-12H2,1-2H3,(H,29,31)(H,30,32). The van der Waals surface area contributed by atoms with Crippen LogP contribution in [0.25, 0.3) is 0 Å². The van der Waals surface area contributed by atoms with Gasteiger partial charge in [-0.05, 0) is 84.6 Å². The summed E-state index contributed by atoms with van der Waals surface area (Å²) < 4.78 is 0. The number of nitrogens with one attached hydrogen (secondary N) is 2. The van der Waals surface area contributed by atoms with Crippen molar-refractivity contribution in [2.24, 2.45) is 0 Å². The number of halogens is 4. The van der Waals surface area contributed by atoms with E-state index >= 15 is 0 Å². The molecule has 0 bridgehead atoms. The molecule has 0 aliphatic rings. The lowest BCUT2D eigenvalue weighted by molar-refractivity contribution is 0.0939. The Balaban J connectivity index is 1.61. The van der Waals surface area contributed by atoms with Crippen molar-refractivity contribution in [2.45, 2.75) is 26.9 Å². The molecule has 0 spiro atoms. The van der Waals surface area contributed by atoms with Gasteiger partial charge in [-0.1, -0.05) is 46.4 Å². The van der Waals surface area contributed by atoms with Crippen LogP contribution in [0.2, 0.25) is 20.1 Å². The van der Waals surface area contributed by atoms with Crippen LogP contribution in [0.15, 0.2) is 48.5 Å². The maximum absolute atomic E-state index is 12.5. The molecule has 3 aromatic carbocycles. The van der Waals surface area contributed by atoms with Crippen molar-refractivity contribution < 1.29 is 9.59 Å².